The Bertz CT molecular complexity index is 763. The van der Waals surface area contributed by atoms with Crippen LogP contribution in [0, 0.1) is 0 Å². The van der Waals surface area contributed by atoms with E-state index in [0.717, 1.165) is 69.6 Å². The highest BCUT2D eigenvalue weighted by Crippen LogP contribution is 2.20. The highest BCUT2D eigenvalue weighted by atomic mass is 127. The second-order valence-electron chi connectivity index (χ2n) is 7.32. The van der Waals surface area contributed by atoms with E-state index in [9.17, 15) is 0 Å². The lowest BCUT2D eigenvalue weighted by molar-refractivity contribution is 0.255. The summed E-state index contributed by atoms with van der Waals surface area (Å²) in [5.74, 6) is 1.76. The van der Waals surface area contributed by atoms with Gasteiger partial charge >= 0.3 is 0 Å². The number of piperazine rings is 1. The van der Waals surface area contributed by atoms with Crippen LogP contribution in [0.5, 0.6) is 5.75 Å². The van der Waals surface area contributed by atoms with E-state index in [1.54, 1.807) is 13.3 Å². The third-order valence-electron chi connectivity index (χ3n) is 5.22. The van der Waals surface area contributed by atoms with Gasteiger partial charge < -0.3 is 20.3 Å². The van der Waals surface area contributed by atoms with Gasteiger partial charge in [0.15, 0.2) is 5.96 Å². The molecule has 1 aromatic heterocycles. The van der Waals surface area contributed by atoms with E-state index in [0.29, 0.717) is 6.54 Å². The van der Waals surface area contributed by atoms with E-state index in [2.05, 4.69) is 49.5 Å². The van der Waals surface area contributed by atoms with Crippen molar-refractivity contribution in [3.8, 4) is 5.75 Å². The molecule has 31 heavy (non-hydrogen) atoms. The van der Waals surface area contributed by atoms with E-state index in [1.807, 2.05) is 30.3 Å². The zero-order chi connectivity index (χ0) is 21.0. The Labute approximate surface area is 203 Å². The minimum atomic E-state index is 0. The standard InChI is InChI=1S/C23H34N6O.HI/c1-3-24-23(27-19-20-7-4-5-12-25-20)26-13-6-14-28-15-17-29(18-16-28)21-8-10-22(30-2)11-9-21;/h4-5,7-12H,3,6,13-19H2,1-2H3,(H2,24,26,27);1H. The SMILES string of the molecule is CCNC(=NCc1ccccn1)NCCCN1CCN(c2ccc(OC)cc2)CC1.I. The fourth-order valence-corrected chi connectivity index (χ4v) is 3.53. The van der Waals surface area contributed by atoms with Crippen LogP contribution >= 0.6 is 24.0 Å². The first-order valence-corrected chi connectivity index (χ1v) is 10.8. The number of nitrogens with zero attached hydrogens (tertiary/aromatic N) is 4. The number of nitrogens with one attached hydrogen (secondary N) is 2. The predicted octanol–water partition coefficient (Wildman–Crippen LogP) is 2.98. The van der Waals surface area contributed by atoms with Crippen molar-refractivity contribution >= 4 is 35.6 Å². The molecular formula is C23H35IN6O. The summed E-state index contributed by atoms with van der Waals surface area (Å²) in [6.45, 7) is 9.85. The molecule has 2 heterocycles. The van der Waals surface area contributed by atoms with Crippen molar-refractivity contribution < 1.29 is 4.74 Å². The third kappa shape index (κ3) is 8.53. The number of rotatable bonds is 9. The predicted molar refractivity (Wildman–Crippen MR) is 139 cm³/mol. The van der Waals surface area contributed by atoms with Gasteiger partial charge in [0.2, 0.25) is 0 Å². The molecule has 0 atom stereocenters. The number of aliphatic imine (C=N–C) groups is 1. The molecule has 7 nitrogen and oxygen atoms in total. The van der Waals surface area contributed by atoms with Gasteiger partial charge in [-0.25, -0.2) is 4.99 Å². The maximum Gasteiger partial charge on any atom is 0.191 e. The Hall–Kier alpha value is -2.07. The van der Waals surface area contributed by atoms with Crippen LogP contribution < -0.4 is 20.3 Å². The number of aromatic nitrogens is 1. The van der Waals surface area contributed by atoms with Crippen LogP contribution in [0.4, 0.5) is 5.69 Å². The molecule has 0 spiro atoms. The summed E-state index contributed by atoms with van der Waals surface area (Å²) in [4.78, 5) is 13.9. The largest absolute Gasteiger partial charge is 0.497 e. The van der Waals surface area contributed by atoms with Gasteiger partial charge in [-0.2, -0.15) is 0 Å². The summed E-state index contributed by atoms with van der Waals surface area (Å²) in [6.07, 6.45) is 2.90. The number of hydrogen-bond acceptors (Lipinski definition) is 5. The molecule has 0 unspecified atom stereocenters. The van der Waals surface area contributed by atoms with Crippen LogP contribution in [-0.4, -0.2) is 68.8 Å². The molecule has 0 bridgehead atoms. The lowest BCUT2D eigenvalue weighted by atomic mass is 10.2. The van der Waals surface area contributed by atoms with E-state index in [1.165, 1.54) is 5.69 Å². The first-order chi connectivity index (χ1) is 14.8. The number of anilines is 1. The smallest absolute Gasteiger partial charge is 0.191 e. The molecular weight excluding hydrogens is 503 g/mol. The van der Waals surface area contributed by atoms with Gasteiger partial charge in [0.25, 0.3) is 0 Å². The number of ether oxygens (including phenoxy) is 1. The van der Waals surface area contributed by atoms with Crippen LogP contribution in [0.25, 0.3) is 0 Å². The molecule has 1 saturated heterocycles. The second kappa shape index (κ2) is 14.1. The maximum atomic E-state index is 5.25. The van der Waals surface area contributed by atoms with Crippen LogP contribution in [0.1, 0.15) is 19.0 Å². The van der Waals surface area contributed by atoms with Gasteiger partial charge in [0.1, 0.15) is 5.75 Å². The number of pyridine rings is 1. The number of guanidine groups is 1. The summed E-state index contributed by atoms with van der Waals surface area (Å²) < 4.78 is 5.25. The summed E-state index contributed by atoms with van der Waals surface area (Å²) in [5.41, 5.74) is 2.25. The van der Waals surface area contributed by atoms with Gasteiger partial charge in [0.05, 0.1) is 19.3 Å². The fraction of sp³-hybridized carbons (Fsp3) is 0.478. The summed E-state index contributed by atoms with van der Waals surface area (Å²) in [7, 11) is 1.70. The Balaban J connectivity index is 0.00000341. The molecule has 0 amide bonds. The van der Waals surface area contributed by atoms with Crippen LogP contribution in [0.3, 0.4) is 0 Å². The first kappa shape index (κ1) is 25.2. The zero-order valence-electron chi connectivity index (χ0n) is 18.6. The molecule has 2 N–H and O–H groups in total. The van der Waals surface area contributed by atoms with Crippen LogP contribution in [0.15, 0.2) is 53.7 Å². The van der Waals surface area contributed by atoms with Crippen molar-refractivity contribution in [2.75, 3.05) is 57.8 Å². The topological polar surface area (TPSA) is 65.0 Å². The van der Waals surface area contributed by atoms with Gasteiger partial charge in [-0.3, -0.25) is 9.88 Å². The van der Waals surface area contributed by atoms with Crippen molar-refractivity contribution in [2.24, 2.45) is 4.99 Å². The van der Waals surface area contributed by atoms with E-state index in [4.69, 9.17) is 4.74 Å². The van der Waals surface area contributed by atoms with Crippen molar-refractivity contribution in [1.29, 1.82) is 0 Å². The average Bonchev–Trinajstić information content (AvgIpc) is 2.81. The molecule has 1 aliphatic heterocycles. The summed E-state index contributed by atoms with van der Waals surface area (Å²) in [6, 6.07) is 14.3. The molecule has 1 fully saturated rings. The second-order valence-corrected chi connectivity index (χ2v) is 7.32. The number of benzene rings is 1. The monoisotopic (exact) mass is 538 g/mol. The summed E-state index contributed by atoms with van der Waals surface area (Å²) in [5, 5.41) is 6.74. The molecule has 3 rings (SSSR count). The van der Waals surface area contributed by atoms with Gasteiger partial charge in [0, 0.05) is 51.2 Å². The highest BCUT2D eigenvalue weighted by Gasteiger charge is 2.16. The summed E-state index contributed by atoms with van der Waals surface area (Å²) >= 11 is 0. The van der Waals surface area contributed by atoms with Crippen molar-refractivity contribution in [3.05, 3.63) is 54.4 Å². The Morgan fingerprint density at radius 3 is 2.48 bits per heavy atom. The lowest BCUT2D eigenvalue weighted by Crippen LogP contribution is -2.47. The molecule has 1 aromatic carbocycles. The van der Waals surface area contributed by atoms with Gasteiger partial charge in [-0.05, 0) is 56.3 Å². The quantitative estimate of drug-likeness (QED) is 0.222. The number of hydrogen-bond donors (Lipinski definition) is 2. The van der Waals surface area contributed by atoms with Crippen molar-refractivity contribution in [2.45, 2.75) is 19.9 Å². The van der Waals surface area contributed by atoms with E-state index < -0.39 is 0 Å². The lowest BCUT2D eigenvalue weighted by Gasteiger charge is -2.36. The first-order valence-electron chi connectivity index (χ1n) is 10.8. The molecule has 170 valence electrons. The zero-order valence-corrected chi connectivity index (χ0v) is 20.9. The van der Waals surface area contributed by atoms with Crippen molar-refractivity contribution in [3.63, 3.8) is 0 Å². The molecule has 2 aromatic rings. The van der Waals surface area contributed by atoms with Crippen LogP contribution in [-0.2, 0) is 6.54 Å². The minimum absolute atomic E-state index is 0. The maximum absolute atomic E-state index is 5.25. The normalized spacial score (nSPS) is 14.6. The van der Waals surface area contributed by atoms with E-state index in [-0.39, 0.29) is 24.0 Å². The molecule has 0 aliphatic carbocycles. The molecule has 8 heteroatoms. The van der Waals surface area contributed by atoms with Crippen molar-refractivity contribution in [1.82, 2.24) is 20.5 Å². The fourth-order valence-electron chi connectivity index (χ4n) is 3.53. The molecule has 0 radical (unpaired) electrons. The third-order valence-corrected chi connectivity index (χ3v) is 5.22. The number of halogens is 1. The minimum Gasteiger partial charge on any atom is -0.497 e. The highest BCUT2D eigenvalue weighted by molar-refractivity contribution is 14.0. The average molecular weight is 538 g/mol. The van der Waals surface area contributed by atoms with Crippen LogP contribution in [0.2, 0.25) is 0 Å². The van der Waals surface area contributed by atoms with Gasteiger partial charge in [-0.1, -0.05) is 6.07 Å². The van der Waals surface area contributed by atoms with Gasteiger partial charge in [-0.15, -0.1) is 24.0 Å². The molecule has 0 saturated carbocycles. The Morgan fingerprint density at radius 2 is 1.84 bits per heavy atom. The Morgan fingerprint density at radius 1 is 1.06 bits per heavy atom. The van der Waals surface area contributed by atoms with E-state index >= 15 is 0 Å². The Kier molecular flexibility index (Phi) is 11.4. The molecule has 1 aliphatic rings. The number of methoxy groups -OCH3 is 1.